The number of aliphatic hydroxyl groups is 1. The average molecular weight is 901 g/mol. The third-order valence-corrected chi connectivity index (χ3v) is 14.2. The number of amides is 5. The van der Waals surface area contributed by atoms with Crippen molar-refractivity contribution in [3.05, 3.63) is 107 Å². The predicted octanol–water partition coefficient (Wildman–Crippen LogP) is 4.72. The molecule has 3 aromatic carbocycles. The molecule has 5 aromatic rings. The van der Waals surface area contributed by atoms with Crippen molar-refractivity contribution in [3.8, 4) is 11.1 Å². The van der Waals surface area contributed by atoms with Gasteiger partial charge in [-0.1, -0.05) is 12.1 Å². The quantitative estimate of drug-likeness (QED) is 0.135. The van der Waals surface area contributed by atoms with Gasteiger partial charge in [0, 0.05) is 97.7 Å². The molecule has 3 saturated heterocycles. The second kappa shape index (κ2) is 17.4. The Hall–Kier alpha value is -6.66. The number of aromatic nitrogens is 3. The number of hydrogen-bond donors (Lipinski definition) is 4. The number of nitrogens with one attached hydrogen (secondary N) is 3. The number of fused-ring (bicyclic) bond motifs is 2. The van der Waals surface area contributed by atoms with Crippen molar-refractivity contribution in [2.75, 3.05) is 59.7 Å². The number of halogens is 1. The van der Waals surface area contributed by atoms with Gasteiger partial charge in [0.1, 0.15) is 11.9 Å². The summed E-state index contributed by atoms with van der Waals surface area (Å²) in [7, 11) is 0. The van der Waals surface area contributed by atoms with E-state index in [0.717, 1.165) is 47.7 Å². The van der Waals surface area contributed by atoms with E-state index in [2.05, 4.69) is 35.7 Å². The number of hydrogen-bond acceptors (Lipinski definition) is 12. The van der Waals surface area contributed by atoms with Crippen LogP contribution in [-0.4, -0.2) is 110 Å². The highest BCUT2D eigenvalue weighted by Crippen LogP contribution is 2.38. The van der Waals surface area contributed by atoms with Crippen molar-refractivity contribution in [1.82, 2.24) is 29.7 Å². The number of rotatable bonds is 11. The number of aryl methyl sites for hydroxylation is 1. The van der Waals surface area contributed by atoms with Crippen molar-refractivity contribution in [3.63, 3.8) is 0 Å². The number of benzene rings is 3. The van der Waals surface area contributed by atoms with Crippen LogP contribution in [-0.2, 0) is 38.7 Å². The summed E-state index contributed by atoms with van der Waals surface area (Å²) >= 11 is 1.27. The van der Waals surface area contributed by atoms with E-state index < -0.39 is 35.3 Å². The molecule has 336 valence electrons. The Kier molecular flexibility index (Phi) is 11.3. The van der Waals surface area contributed by atoms with Gasteiger partial charge in [-0.05, 0) is 91.8 Å². The highest BCUT2D eigenvalue weighted by Gasteiger charge is 2.42. The molecular formula is C47H49FN10O6S. The Labute approximate surface area is 378 Å². The van der Waals surface area contributed by atoms with Crippen LogP contribution in [0.3, 0.4) is 0 Å². The molecule has 3 fully saturated rings. The maximum atomic E-state index is 16.0. The van der Waals surface area contributed by atoms with E-state index >= 15 is 4.39 Å². The molecule has 7 heterocycles. The van der Waals surface area contributed by atoms with Crippen LogP contribution in [0.15, 0.2) is 78.6 Å². The van der Waals surface area contributed by atoms with Crippen molar-refractivity contribution < 1.29 is 33.5 Å². The second-order valence-corrected chi connectivity index (χ2v) is 18.4. The molecule has 5 aliphatic heterocycles. The maximum Gasteiger partial charge on any atom is 0.255 e. The monoisotopic (exact) mass is 900 g/mol. The third-order valence-electron chi connectivity index (χ3n) is 13.5. The third kappa shape index (κ3) is 8.55. The Morgan fingerprint density at radius 1 is 0.892 bits per heavy atom. The molecule has 0 radical (unpaired) electrons. The number of anilines is 4. The Bertz CT molecular complexity index is 2640. The van der Waals surface area contributed by atoms with Gasteiger partial charge in [-0.25, -0.2) is 14.4 Å². The summed E-state index contributed by atoms with van der Waals surface area (Å²) in [6.07, 6.45) is 6.66. The minimum absolute atomic E-state index is 0.0631. The molecule has 16 nitrogen and oxygen atoms in total. The van der Waals surface area contributed by atoms with Gasteiger partial charge in [-0.15, -0.1) is 11.3 Å². The molecule has 0 spiro atoms. The smallest absolute Gasteiger partial charge is 0.255 e. The van der Waals surface area contributed by atoms with Gasteiger partial charge in [-0.3, -0.25) is 34.6 Å². The van der Waals surface area contributed by atoms with Crippen LogP contribution >= 0.6 is 11.3 Å². The Balaban J connectivity index is 0.731. The van der Waals surface area contributed by atoms with Crippen molar-refractivity contribution >= 4 is 63.1 Å². The number of nitrogens with zero attached hydrogens (tertiary/aromatic N) is 7. The molecule has 5 amide bonds. The number of carbonyl (C=O) groups excluding carboxylic acids is 5. The number of piperazine rings is 1. The van der Waals surface area contributed by atoms with E-state index in [0.29, 0.717) is 81.3 Å². The van der Waals surface area contributed by atoms with Crippen LogP contribution in [0.4, 0.5) is 26.6 Å². The largest absolute Gasteiger partial charge is 0.389 e. The first kappa shape index (κ1) is 42.3. The van der Waals surface area contributed by atoms with Crippen molar-refractivity contribution in [2.24, 2.45) is 0 Å². The molecule has 0 aliphatic carbocycles. The van der Waals surface area contributed by atoms with Gasteiger partial charge < -0.3 is 34.6 Å². The second-order valence-electron chi connectivity index (χ2n) is 17.5. The molecule has 2 unspecified atom stereocenters. The topological polar surface area (TPSA) is 185 Å². The van der Waals surface area contributed by atoms with Crippen LogP contribution in [0.5, 0.6) is 0 Å². The van der Waals surface area contributed by atoms with Crippen LogP contribution in [0, 0.1) is 5.82 Å². The lowest BCUT2D eigenvalue weighted by Gasteiger charge is -2.41. The van der Waals surface area contributed by atoms with E-state index in [9.17, 15) is 29.1 Å². The van der Waals surface area contributed by atoms with Gasteiger partial charge in [0.15, 0.2) is 11.2 Å². The van der Waals surface area contributed by atoms with Gasteiger partial charge in [0.05, 0.1) is 30.6 Å². The lowest BCUT2D eigenvalue weighted by Crippen LogP contribution is -2.52. The molecular weight excluding hydrogens is 852 g/mol. The number of carbonyl (C=O) groups is 5. The van der Waals surface area contributed by atoms with Gasteiger partial charge >= 0.3 is 0 Å². The zero-order chi connectivity index (χ0) is 44.8. The average Bonchev–Trinajstić information content (AvgIpc) is 4.14. The van der Waals surface area contributed by atoms with Gasteiger partial charge in [0.2, 0.25) is 17.7 Å². The summed E-state index contributed by atoms with van der Waals surface area (Å²) in [4.78, 5) is 81.5. The number of imidazole rings is 1. The fourth-order valence-corrected chi connectivity index (χ4v) is 10.3. The number of piperidine rings is 2. The highest BCUT2D eigenvalue weighted by atomic mass is 32.1. The summed E-state index contributed by atoms with van der Waals surface area (Å²) in [6.45, 7) is 4.17. The van der Waals surface area contributed by atoms with E-state index in [1.165, 1.54) is 22.3 Å². The lowest BCUT2D eigenvalue weighted by molar-refractivity contribution is -0.138. The van der Waals surface area contributed by atoms with E-state index in [4.69, 9.17) is 0 Å². The fraction of sp³-hybridized carbons (Fsp3) is 0.383. The summed E-state index contributed by atoms with van der Waals surface area (Å²) in [5.41, 5.74) is 4.79. The molecule has 0 bridgehead atoms. The molecule has 2 aromatic heterocycles. The molecule has 0 saturated carbocycles. The van der Waals surface area contributed by atoms with Crippen molar-refractivity contribution in [2.45, 2.75) is 75.7 Å². The first-order chi connectivity index (χ1) is 31.5. The predicted molar refractivity (Wildman–Crippen MR) is 242 cm³/mol. The van der Waals surface area contributed by atoms with Crippen LogP contribution in [0.1, 0.15) is 71.9 Å². The summed E-state index contributed by atoms with van der Waals surface area (Å²) in [5.74, 6) is -2.04. The maximum absolute atomic E-state index is 16.0. The molecule has 2 atom stereocenters. The van der Waals surface area contributed by atoms with Gasteiger partial charge in [-0.2, -0.15) is 0 Å². The van der Waals surface area contributed by atoms with Crippen LogP contribution < -0.4 is 25.8 Å². The normalized spacial score (nSPS) is 19.8. The summed E-state index contributed by atoms with van der Waals surface area (Å²) in [5, 5.41) is 22.0. The summed E-state index contributed by atoms with van der Waals surface area (Å²) in [6, 6.07) is 17.1. The van der Waals surface area contributed by atoms with Crippen LogP contribution in [0.2, 0.25) is 0 Å². The van der Waals surface area contributed by atoms with Crippen LogP contribution in [0.25, 0.3) is 11.1 Å². The fourth-order valence-electron chi connectivity index (χ4n) is 9.80. The lowest BCUT2D eigenvalue weighted by atomic mass is 9.87. The Morgan fingerprint density at radius 2 is 1.62 bits per heavy atom. The van der Waals surface area contributed by atoms with E-state index in [-0.39, 0.29) is 41.8 Å². The molecule has 4 N–H and O–H groups in total. The summed E-state index contributed by atoms with van der Waals surface area (Å²) < 4.78 is 18.0. The van der Waals surface area contributed by atoms with Crippen molar-refractivity contribution in [1.29, 1.82) is 0 Å². The minimum Gasteiger partial charge on any atom is -0.389 e. The first-order valence-electron chi connectivity index (χ1n) is 22.2. The zero-order valence-corrected chi connectivity index (χ0v) is 36.5. The SMILES string of the molecule is O=C1CCC(Nc2ccc(N3CCC(O)(CC(=O)N4CCN(c5ccc(-c6cc(F)c7c(c6)C(=O)N(C(C(=O)Nc6nccs6)c6ncn8c6CCC8)C7)cc5)CC4)CC3)cc2)C(=O)N1. The minimum atomic E-state index is -1.09. The van der Waals surface area contributed by atoms with Gasteiger partial charge in [0.25, 0.3) is 11.8 Å². The van der Waals surface area contributed by atoms with E-state index in [1.54, 1.807) is 24.0 Å². The molecule has 65 heavy (non-hydrogen) atoms. The standard InChI is InChI=1S/C47H49FN10O6S/c48-36-25-30(24-34-35(36)27-58(45(34)63)42(44(62)53-46-49-15-23-65-46)41-38-2-1-16-57(38)28-50-41)29-3-7-32(8-4-29)55-19-21-56(22-20-55)40(60)26-47(64)13-17-54(18-14-47)33-9-5-31(6-10-33)51-37-11-12-39(59)52-43(37)61/h3-10,15,23-25,28,37,42,51,64H,1-2,11-14,16-22,26-27H2,(H,49,53,62)(H,52,59,61). The highest BCUT2D eigenvalue weighted by molar-refractivity contribution is 7.13. The van der Waals surface area contributed by atoms with E-state index in [1.807, 2.05) is 58.0 Å². The Morgan fingerprint density at radius 3 is 2.32 bits per heavy atom. The zero-order valence-electron chi connectivity index (χ0n) is 35.7. The number of imide groups is 1. The molecule has 18 heteroatoms. The molecule has 10 rings (SSSR count). The molecule has 5 aliphatic rings. The number of thiazole rings is 1. The first-order valence-corrected chi connectivity index (χ1v) is 23.0.